The number of phenols is 1. The maximum absolute atomic E-state index is 12.1. The van der Waals surface area contributed by atoms with E-state index >= 15 is 0 Å². The number of aromatic hydroxyl groups is 1. The van der Waals surface area contributed by atoms with Gasteiger partial charge in [0.15, 0.2) is 0 Å². The lowest BCUT2D eigenvalue weighted by Gasteiger charge is -2.17. The van der Waals surface area contributed by atoms with Crippen LogP contribution in [0.1, 0.15) is 37.8 Å². The molecule has 1 amide bonds. The number of phenolic OH excluding ortho intramolecular Hbond substituents is 1. The third-order valence-electron chi connectivity index (χ3n) is 3.33. The predicted molar refractivity (Wildman–Crippen MR) is 82.8 cm³/mol. The molecule has 20 heavy (non-hydrogen) atoms. The molecule has 0 saturated heterocycles. The number of hydrogen-bond acceptors (Lipinski definition) is 3. The first-order chi connectivity index (χ1) is 9.33. The predicted octanol–water partition coefficient (Wildman–Crippen LogP) is 2.96. The fraction of sp³-hybridized carbons (Fsp3) is 0.562. The molecule has 0 bridgehead atoms. The minimum absolute atomic E-state index is 0.0959. The van der Waals surface area contributed by atoms with Crippen molar-refractivity contribution in [1.82, 2.24) is 0 Å². The van der Waals surface area contributed by atoms with E-state index in [9.17, 15) is 9.90 Å². The lowest BCUT2D eigenvalue weighted by atomic mass is 9.94. The highest BCUT2D eigenvalue weighted by Gasteiger charge is 2.15. The van der Waals surface area contributed by atoms with Gasteiger partial charge in [0.25, 0.3) is 0 Å². The van der Waals surface area contributed by atoms with Crippen LogP contribution in [-0.4, -0.2) is 17.6 Å². The highest BCUT2D eigenvalue weighted by Crippen LogP contribution is 2.29. The second-order valence-corrected chi connectivity index (χ2v) is 5.96. The van der Waals surface area contributed by atoms with Crippen LogP contribution in [0.4, 0.5) is 5.69 Å². The van der Waals surface area contributed by atoms with Gasteiger partial charge in [-0.05, 0) is 55.8 Å². The minimum Gasteiger partial charge on any atom is -0.505 e. The van der Waals surface area contributed by atoms with Gasteiger partial charge in [-0.2, -0.15) is 0 Å². The van der Waals surface area contributed by atoms with Crippen molar-refractivity contribution >= 4 is 11.6 Å². The molecule has 0 saturated carbocycles. The molecule has 112 valence electrons. The van der Waals surface area contributed by atoms with E-state index in [4.69, 9.17) is 5.73 Å². The summed E-state index contributed by atoms with van der Waals surface area (Å²) in [4.78, 5) is 12.1. The van der Waals surface area contributed by atoms with E-state index in [1.54, 1.807) is 6.07 Å². The number of rotatable bonds is 6. The molecule has 1 rings (SSSR count). The van der Waals surface area contributed by atoms with Crippen LogP contribution in [0.5, 0.6) is 5.75 Å². The van der Waals surface area contributed by atoms with Gasteiger partial charge in [-0.15, -0.1) is 0 Å². The molecule has 0 heterocycles. The van der Waals surface area contributed by atoms with Crippen molar-refractivity contribution in [3.05, 3.63) is 23.3 Å². The molecule has 0 aromatic heterocycles. The molecule has 0 spiro atoms. The van der Waals surface area contributed by atoms with Crippen LogP contribution < -0.4 is 11.1 Å². The Morgan fingerprint density at radius 2 is 2.00 bits per heavy atom. The first kappa shape index (κ1) is 16.5. The van der Waals surface area contributed by atoms with Crippen LogP contribution in [0.2, 0.25) is 0 Å². The lowest BCUT2D eigenvalue weighted by molar-refractivity contribution is -0.117. The zero-order valence-corrected chi connectivity index (χ0v) is 12.9. The summed E-state index contributed by atoms with van der Waals surface area (Å²) >= 11 is 0. The molecule has 4 N–H and O–H groups in total. The normalized spacial score (nSPS) is 12.5. The fourth-order valence-electron chi connectivity index (χ4n) is 2.45. The second-order valence-electron chi connectivity index (χ2n) is 5.96. The van der Waals surface area contributed by atoms with Gasteiger partial charge in [-0.1, -0.05) is 19.9 Å². The number of nitrogens with two attached hydrogens (primary N) is 1. The second kappa shape index (κ2) is 7.29. The van der Waals surface area contributed by atoms with Crippen molar-refractivity contribution in [1.29, 1.82) is 0 Å². The van der Waals surface area contributed by atoms with Crippen LogP contribution in [0.15, 0.2) is 12.1 Å². The number of carbonyl (C=O) groups is 1. The van der Waals surface area contributed by atoms with Gasteiger partial charge >= 0.3 is 0 Å². The largest absolute Gasteiger partial charge is 0.505 e. The summed E-state index contributed by atoms with van der Waals surface area (Å²) in [5.41, 5.74) is 7.96. The van der Waals surface area contributed by atoms with Crippen LogP contribution in [0, 0.1) is 25.7 Å². The van der Waals surface area contributed by atoms with Gasteiger partial charge in [-0.25, -0.2) is 0 Å². The molecule has 0 aliphatic rings. The molecule has 0 aliphatic carbocycles. The minimum atomic E-state index is -0.0959. The Labute approximate surface area is 121 Å². The lowest BCUT2D eigenvalue weighted by Crippen LogP contribution is -2.23. The topological polar surface area (TPSA) is 75.3 Å². The maximum atomic E-state index is 12.1. The third-order valence-corrected chi connectivity index (χ3v) is 3.33. The van der Waals surface area contributed by atoms with Crippen LogP contribution in [-0.2, 0) is 4.79 Å². The first-order valence-corrected chi connectivity index (χ1v) is 7.13. The Balaban J connectivity index is 2.71. The summed E-state index contributed by atoms with van der Waals surface area (Å²) in [7, 11) is 0. The monoisotopic (exact) mass is 278 g/mol. The SMILES string of the molecule is Cc1cc(C)c(O)c(NC(=O)CC(CN)CC(C)C)c1. The Morgan fingerprint density at radius 1 is 1.35 bits per heavy atom. The number of anilines is 1. The first-order valence-electron chi connectivity index (χ1n) is 7.13. The zero-order valence-electron chi connectivity index (χ0n) is 12.9. The van der Waals surface area contributed by atoms with Gasteiger partial charge in [0.2, 0.25) is 5.91 Å². The van der Waals surface area contributed by atoms with Gasteiger partial charge in [0.05, 0.1) is 5.69 Å². The summed E-state index contributed by atoms with van der Waals surface area (Å²) in [5.74, 6) is 0.743. The quantitative estimate of drug-likeness (QED) is 0.700. The number of carbonyl (C=O) groups excluding carboxylic acids is 1. The number of amides is 1. The number of nitrogens with one attached hydrogen (secondary N) is 1. The van der Waals surface area contributed by atoms with Crippen molar-refractivity contribution in [2.75, 3.05) is 11.9 Å². The molecular formula is C16H26N2O2. The highest BCUT2D eigenvalue weighted by molar-refractivity contribution is 5.92. The summed E-state index contributed by atoms with van der Waals surface area (Å²) in [6, 6.07) is 3.66. The summed E-state index contributed by atoms with van der Waals surface area (Å²) in [5, 5.41) is 12.8. The third kappa shape index (κ3) is 4.85. The van der Waals surface area contributed by atoms with E-state index in [0.717, 1.165) is 17.5 Å². The molecule has 4 nitrogen and oxygen atoms in total. The van der Waals surface area contributed by atoms with Crippen LogP contribution in [0.3, 0.4) is 0 Å². The number of benzene rings is 1. The Kier molecular flexibility index (Phi) is 6.02. The van der Waals surface area contributed by atoms with Gasteiger partial charge in [-0.3, -0.25) is 4.79 Å². The van der Waals surface area contributed by atoms with Crippen molar-refractivity contribution in [2.45, 2.75) is 40.5 Å². The molecule has 1 aromatic carbocycles. The molecular weight excluding hydrogens is 252 g/mol. The molecule has 0 fully saturated rings. The van der Waals surface area contributed by atoms with Crippen molar-refractivity contribution < 1.29 is 9.90 Å². The Bertz CT molecular complexity index is 470. The summed E-state index contributed by atoms with van der Waals surface area (Å²) in [6.45, 7) is 8.50. The van der Waals surface area contributed by atoms with E-state index in [2.05, 4.69) is 19.2 Å². The molecule has 0 aliphatic heterocycles. The van der Waals surface area contributed by atoms with Crippen molar-refractivity contribution in [3.8, 4) is 5.75 Å². The van der Waals surface area contributed by atoms with Gasteiger partial charge in [0.1, 0.15) is 5.75 Å². The van der Waals surface area contributed by atoms with Gasteiger partial charge < -0.3 is 16.2 Å². The van der Waals surface area contributed by atoms with Crippen molar-refractivity contribution in [2.24, 2.45) is 17.6 Å². The van der Waals surface area contributed by atoms with Crippen LogP contribution >= 0.6 is 0 Å². The maximum Gasteiger partial charge on any atom is 0.224 e. The van der Waals surface area contributed by atoms with E-state index in [1.807, 2.05) is 19.9 Å². The molecule has 0 radical (unpaired) electrons. The average molecular weight is 278 g/mol. The molecule has 4 heteroatoms. The molecule has 1 aromatic rings. The van der Waals surface area contributed by atoms with E-state index in [1.165, 1.54) is 0 Å². The molecule has 1 unspecified atom stereocenters. The highest BCUT2D eigenvalue weighted by atomic mass is 16.3. The number of hydrogen-bond donors (Lipinski definition) is 3. The van der Waals surface area contributed by atoms with Crippen molar-refractivity contribution in [3.63, 3.8) is 0 Å². The Hall–Kier alpha value is -1.55. The standard InChI is InChI=1S/C16H26N2O2/c1-10(2)5-13(9-17)8-15(19)18-14-7-11(3)6-12(4)16(14)20/h6-7,10,13,20H,5,8-9,17H2,1-4H3,(H,18,19). The van der Waals surface area contributed by atoms with Crippen LogP contribution in [0.25, 0.3) is 0 Å². The summed E-state index contributed by atoms with van der Waals surface area (Å²) < 4.78 is 0. The number of aryl methyl sites for hydroxylation is 2. The van der Waals surface area contributed by atoms with E-state index < -0.39 is 0 Å². The Morgan fingerprint density at radius 3 is 2.55 bits per heavy atom. The summed E-state index contributed by atoms with van der Waals surface area (Å²) in [6.07, 6.45) is 1.32. The van der Waals surface area contributed by atoms with E-state index in [-0.39, 0.29) is 17.6 Å². The zero-order chi connectivity index (χ0) is 15.3. The fourth-order valence-corrected chi connectivity index (χ4v) is 2.45. The smallest absolute Gasteiger partial charge is 0.224 e. The van der Waals surface area contributed by atoms with Gasteiger partial charge in [0, 0.05) is 6.42 Å². The average Bonchev–Trinajstić information content (AvgIpc) is 2.33. The van der Waals surface area contributed by atoms with E-state index in [0.29, 0.717) is 24.6 Å². The molecule has 1 atom stereocenters.